The Hall–Kier alpha value is -4.66. The first-order valence-corrected chi connectivity index (χ1v) is 15.1. The summed E-state index contributed by atoms with van der Waals surface area (Å²) < 4.78 is 5.14. The van der Waals surface area contributed by atoms with Gasteiger partial charge in [0.25, 0.3) is 0 Å². The summed E-state index contributed by atoms with van der Waals surface area (Å²) in [6.07, 6.45) is 0. The van der Waals surface area contributed by atoms with Crippen LogP contribution in [0, 0.1) is 0 Å². The Morgan fingerprint density at radius 2 is 1.29 bits per heavy atom. The second-order valence-corrected chi connectivity index (χ2v) is 12.9. The van der Waals surface area contributed by atoms with Gasteiger partial charge in [-0.2, -0.15) is 0 Å². The monoisotopic (exact) mass is 541 g/mol. The minimum atomic E-state index is -0.0363. The average molecular weight is 542 g/mol. The predicted octanol–water partition coefficient (Wildman–Crippen LogP) is 11.1. The molecule has 0 amide bonds. The van der Waals surface area contributed by atoms with E-state index in [4.69, 9.17) is 0 Å². The summed E-state index contributed by atoms with van der Waals surface area (Å²) in [4.78, 5) is 0. The largest absolute Gasteiger partial charge is 0.309 e. The number of rotatable bonds is 2. The fraction of sp³-hybridized carbons (Fsp3) is 0.0769. The van der Waals surface area contributed by atoms with Crippen LogP contribution in [0.1, 0.15) is 25.0 Å². The Morgan fingerprint density at radius 1 is 0.488 bits per heavy atom. The molecule has 8 aromatic rings. The molecular weight excluding hydrogens is 515 g/mol. The highest BCUT2D eigenvalue weighted by atomic mass is 32.1. The number of thiophene rings is 1. The van der Waals surface area contributed by atoms with Gasteiger partial charge in [-0.15, -0.1) is 11.3 Å². The molecule has 0 fully saturated rings. The van der Waals surface area contributed by atoms with Gasteiger partial charge in [0, 0.05) is 42.0 Å². The van der Waals surface area contributed by atoms with Crippen LogP contribution in [0.15, 0.2) is 127 Å². The molecule has 0 radical (unpaired) electrons. The van der Waals surface area contributed by atoms with E-state index in [-0.39, 0.29) is 5.41 Å². The summed E-state index contributed by atoms with van der Waals surface area (Å²) in [7, 11) is 0. The highest BCUT2D eigenvalue weighted by Gasteiger charge is 2.36. The molecule has 1 aliphatic carbocycles. The summed E-state index contributed by atoms with van der Waals surface area (Å²) in [5.41, 5.74) is 11.8. The Bertz CT molecular complexity index is 2330. The molecule has 1 aliphatic rings. The first kappa shape index (κ1) is 23.1. The topological polar surface area (TPSA) is 4.93 Å². The minimum absolute atomic E-state index is 0.0363. The summed E-state index contributed by atoms with van der Waals surface area (Å²) >= 11 is 1.88. The van der Waals surface area contributed by atoms with Crippen molar-refractivity contribution in [1.29, 1.82) is 0 Å². The highest BCUT2D eigenvalue weighted by Crippen LogP contribution is 2.51. The molecule has 0 atom stereocenters. The van der Waals surface area contributed by atoms with Gasteiger partial charge >= 0.3 is 0 Å². The SMILES string of the molecule is CC1(C)c2ccccc2-c2cc3c4ccccc4n(-c4ccc5sc6cc(-c7ccccc7)ccc6c5c4)c3cc21. The minimum Gasteiger partial charge on any atom is -0.309 e. The van der Waals surface area contributed by atoms with Crippen molar-refractivity contribution in [2.75, 3.05) is 0 Å². The van der Waals surface area contributed by atoms with Crippen molar-refractivity contribution in [3.63, 3.8) is 0 Å². The van der Waals surface area contributed by atoms with Crippen molar-refractivity contribution in [3.05, 3.63) is 139 Å². The third-order valence-corrected chi connectivity index (χ3v) is 10.3. The number of benzene rings is 6. The zero-order chi connectivity index (χ0) is 27.3. The lowest BCUT2D eigenvalue weighted by Crippen LogP contribution is -2.14. The molecule has 0 unspecified atom stereocenters. The van der Waals surface area contributed by atoms with Crippen LogP contribution in [-0.2, 0) is 5.41 Å². The van der Waals surface area contributed by atoms with E-state index in [0.717, 1.165) is 0 Å². The van der Waals surface area contributed by atoms with Crippen LogP contribution in [0.25, 0.3) is 69.9 Å². The fourth-order valence-electron chi connectivity index (χ4n) is 7.16. The molecule has 2 heterocycles. The predicted molar refractivity (Wildman–Crippen MR) is 177 cm³/mol. The molecule has 0 saturated heterocycles. The van der Waals surface area contributed by atoms with Crippen molar-refractivity contribution < 1.29 is 0 Å². The van der Waals surface area contributed by atoms with Gasteiger partial charge in [-0.1, -0.05) is 98.8 Å². The normalized spacial score (nSPS) is 13.8. The molecule has 0 aliphatic heterocycles. The number of nitrogens with zero attached hydrogens (tertiary/aromatic N) is 1. The lowest BCUT2D eigenvalue weighted by atomic mass is 9.82. The summed E-state index contributed by atoms with van der Waals surface area (Å²) in [6, 6.07) is 47.3. The zero-order valence-corrected chi connectivity index (χ0v) is 23.8. The second kappa shape index (κ2) is 8.19. The van der Waals surface area contributed by atoms with Gasteiger partial charge in [0.05, 0.1) is 11.0 Å². The maximum Gasteiger partial charge on any atom is 0.0544 e. The Balaban J connectivity index is 1.29. The highest BCUT2D eigenvalue weighted by molar-refractivity contribution is 7.25. The van der Waals surface area contributed by atoms with Crippen LogP contribution >= 0.6 is 11.3 Å². The van der Waals surface area contributed by atoms with Crippen LogP contribution in [-0.4, -0.2) is 4.57 Å². The molecule has 2 heteroatoms. The molecular formula is C39H27NS. The van der Waals surface area contributed by atoms with E-state index in [1.807, 2.05) is 11.3 Å². The number of para-hydroxylation sites is 1. The fourth-order valence-corrected chi connectivity index (χ4v) is 8.28. The van der Waals surface area contributed by atoms with Crippen molar-refractivity contribution in [1.82, 2.24) is 4.57 Å². The standard InChI is InChI=1S/C39H27NS/c1-39(2)33-14-8-6-12-27(33)30-22-31-28-13-7-9-15-35(28)40(36(31)23-34(30)39)26-17-19-37-32(21-26)29-18-16-25(20-38(29)41-37)24-10-4-3-5-11-24/h3-23H,1-2H3. The van der Waals surface area contributed by atoms with E-state index in [9.17, 15) is 0 Å². The van der Waals surface area contributed by atoms with Gasteiger partial charge in [-0.05, 0) is 75.8 Å². The quantitative estimate of drug-likeness (QED) is 0.205. The van der Waals surface area contributed by atoms with Crippen molar-refractivity contribution in [2.45, 2.75) is 19.3 Å². The van der Waals surface area contributed by atoms with Gasteiger partial charge in [-0.25, -0.2) is 0 Å². The van der Waals surface area contributed by atoms with Gasteiger partial charge in [0.15, 0.2) is 0 Å². The number of fused-ring (bicyclic) bond motifs is 9. The third-order valence-electron chi connectivity index (χ3n) is 9.20. The molecule has 6 aromatic carbocycles. The molecule has 41 heavy (non-hydrogen) atoms. The lowest BCUT2D eigenvalue weighted by molar-refractivity contribution is 0.661. The lowest BCUT2D eigenvalue weighted by Gasteiger charge is -2.21. The van der Waals surface area contributed by atoms with Gasteiger partial charge in [-0.3, -0.25) is 0 Å². The van der Waals surface area contributed by atoms with Gasteiger partial charge in [0.2, 0.25) is 0 Å². The first-order valence-electron chi connectivity index (χ1n) is 14.3. The van der Waals surface area contributed by atoms with Gasteiger partial charge in [0.1, 0.15) is 0 Å². The Morgan fingerprint density at radius 3 is 2.20 bits per heavy atom. The van der Waals surface area contributed by atoms with E-state index >= 15 is 0 Å². The number of aromatic nitrogens is 1. The Labute approximate surface area is 242 Å². The van der Waals surface area contributed by atoms with Crippen LogP contribution < -0.4 is 0 Å². The Kier molecular flexibility index (Phi) is 4.61. The third kappa shape index (κ3) is 3.17. The van der Waals surface area contributed by atoms with Crippen molar-refractivity contribution >= 4 is 53.3 Å². The summed E-state index contributed by atoms with van der Waals surface area (Å²) in [6.45, 7) is 4.73. The maximum atomic E-state index is 2.48. The number of hydrogen-bond donors (Lipinski definition) is 0. The molecule has 0 bridgehead atoms. The summed E-state index contributed by atoms with van der Waals surface area (Å²) in [5, 5.41) is 5.26. The van der Waals surface area contributed by atoms with Crippen molar-refractivity contribution in [3.8, 4) is 27.9 Å². The molecule has 194 valence electrons. The summed E-state index contributed by atoms with van der Waals surface area (Å²) in [5.74, 6) is 0. The molecule has 1 nitrogen and oxygen atoms in total. The van der Waals surface area contributed by atoms with E-state index in [1.54, 1.807) is 0 Å². The molecule has 0 saturated carbocycles. The zero-order valence-electron chi connectivity index (χ0n) is 23.0. The van der Waals surface area contributed by atoms with Crippen LogP contribution in [0.4, 0.5) is 0 Å². The van der Waals surface area contributed by atoms with E-state index < -0.39 is 0 Å². The molecule has 0 spiro atoms. The van der Waals surface area contributed by atoms with Crippen LogP contribution in [0.5, 0.6) is 0 Å². The maximum absolute atomic E-state index is 2.48. The van der Waals surface area contributed by atoms with E-state index in [0.29, 0.717) is 0 Å². The smallest absolute Gasteiger partial charge is 0.0544 e. The molecule has 2 aromatic heterocycles. The van der Waals surface area contributed by atoms with E-state index in [1.165, 1.54) is 81.0 Å². The van der Waals surface area contributed by atoms with Crippen LogP contribution in [0.3, 0.4) is 0 Å². The van der Waals surface area contributed by atoms with E-state index in [2.05, 4.69) is 146 Å². The van der Waals surface area contributed by atoms with Gasteiger partial charge < -0.3 is 4.57 Å². The first-order chi connectivity index (χ1) is 20.1. The van der Waals surface area contributed by atoms with Crippen LogP contribution in [0.2, 0.25) is 0 Å². The van der Waals surface area contributed by atoms with Crippen molar-refractivity contribution in [2.24, 2.45) is 0 Å². The average Bonchev–Trinajstić information content (AvgIpc) is 3.62. The molecule has 9 rings (SSSR count). The number of hydrogen-bond acceptors (Lipinski definition) is 1. The second-order valence-electron chi connectivity index (χ2n) is 11.8. The molecule has 0 N–H and O–H groups in total.